The maximum atomic E-state index is 12.7. The lowest BCUT2D eigenvalue weighted by Crippen LogP contribution is -2.76. The number of carboxylic acids is 1. The van der Waals surface area contributed by atoms with Crippen LogP contribution in [0.3, 0.4) is 0 Å². The number of rotatable bonds is 13. The molecule has 9 aliphatic rings. The molecule has 12 rings (SSSR count). The van der Waals surface area contributed by atoms with Crippen LogP contribution in [0.1, 0.15) is 133 Å². The number of carboxylic acid groups (broad SMARTS) is 1. The predicted molar refractivity (Wildman–Crippen MR) is 333 cm³/mol. The Morgan fingerprint density at radius 2 is 1.49 bits per heavy atom. The van der Waals surface area contributed by atoms with Crippen LogP contribution in [-0.4, -0.2) is 204 Å². The average Bonchev–Trinajstić information content (AvgIpc) is 1.18. The number of nitrogens with zero attached hydrogens (tertiary/aromatic N) is 2. The summed E-state index contributed by atoms with van der Waals surface area (Å²) in [5.74, 6) is -3.61. The second kappa shape index (κ2) is 27.9. The molecule has 1 amide bonds. The molecular weight excluding hydrogens is 1150 g/mol. The molecule has 3 saturated heterocycles. The minimum Gasteiger partial charge on any atom is -0.480 e. The van der Waals surface area contributed by atoms with Crippen LogP contribution in [0.25, 0.3) is 17.7 Å². The summed E-state index contributed by atoms with van der Waals surface area (Å²) in [5, 5.41) is 102. The molecule has 0 unspecified atom stereocenters. The van der Waals surface area contributed by atoms with Crippen molar-refractivity contribution in [3.63, 3.8) is 0 Å². The number of hydrogen-bond donors (Lipinski definition) is 10. The Kier molecular flexibility index (Phi) is 20.8. The number of esters is 2. The Labute approximate surface area is 527 Å². The molecule has 490 valence electrons. The Morgan fingerprint density at radius 1 is 0.833 bits per heavy atom. The monoisotopic (exact) mass is 1250 g/mol. The lowest BCUT2D eigenvalue weighted by atomic mass is 9.40. The fourth-order valence-electron chi connectivity index (χ4n) is 17.0. The molecule has 10 N–H and O–H groups in total. The number of fused-ring (bicyclic) bond motifs is 7. The van der Waals surface area contributed by atoms with Crippen molar-refractivity contribution in [3.05, 3.63) is 124 Å². The summed E-state index contributed by atoms with van der Waals surface area (Å²) in [7, 11) is 2.22. The van der Waals surface area contributed by atoms with E-state index in [1.54, 1.807) is 19.4 Å². The molecule has 0 radical (unpaired) electrons. The molecule has 4 saturated carbocycles. The topological polar surface area (TPSA) is 306 Å². The van der Waals surface area contributed by atoms with Crippen LogP contribution in [0, 0.1) is 28.6 Å². The number of nitrogens with one attached hydrogen (secondary N) is 1. The number of piperidine rings is 1. The molecule has 0 bridgehead atoms. The number of aliphatic hydroxyl groups excluding tert-OH is 6. The van der Waals surface area contributed by atoms with Crippen LogP contribution < -0.4 is 5.32 Å². The Hall–Kier alpha value is -5.72. The summed E-state index contributed by atoms with van der Waals surface area (Å²) in [4.78, 5) is 52.0. The summed E-state index contributed by atoms with van der Waals surface area (Å²) < 4.78 is 21.8. The summed E-state index contributed by atoms with van der Waals surface area (Å²) in [6, 6.07) is 25.3. The van der Waals surface area contributed by atoms with Crippen LogP contribution in [0.5, 0.6) is 0 Å². The maximum absolute atomic E-state index is 12.7. The summed E-state index contributed by atoms with van der Waals surface area (Å²) in [5.41, 5.74) is 5.17. The highest BCUT2D eigenvalue weighted by Crippen LogP contribution is 2.71. The van der Waals surface area contributed by atoms with Gasteiger partial charge in [-0.3, -0.25) is 14.9 Å². The smallest absolute Gasteiger partial charge is 0.331 e. The Bertz CT molecular complexity index is 3100. The number of hydrogen-bond acceptors (Lipinski definition) is 18. The normalized spacial score (nSPS) is 35.9. The Morgan fingerprint density at radius 3 is 2.11 bits per heavy atom. The van der Waals surface area contributed by atoms with Gasteiger partial charge >= 0.3 is 17.9 Å². The van der Waals surface area contributed by atoms with Crippen LogP contribution in [0.4, 0.5) is 0 Å². The van der Waals surface area contributed by atoms with E-state index in [1.165, 1.54) is 58.6 Å². The van der Waals surface area contributed by atoms with Gasteiger partial charge in [-0.15, -0.1) is 0 Å². The minimum absolute atomic E-state index is 0.0369. The van der Waals surface area contributed by atoms with Gasteiger partial charge in [0.25, 0.3) is 0 Å². The van der Waals surface area contributed by atoms with Gasteiger partial charge in [0, 0.05) is 49.9 Å². The molecule has 4 heterocycles. The summed E-state index contributed by atoms with van der Waals surface area (Å²) >= 11 is 0. The van der Waals surface area contributed by atoms with Crippen LogP contribution in [-0.2, 0) is 44.5 Å². The number of ether oxygens (including phenoxy) is 4. The molecular formula is C70H93N3O17. The molecule has 20 nitrogen and oxygen atoms in total. The number of likely N-dealkylation sites (tertiary alicyclic amines) is 2. The van der Waals surface area contributed by atoms with Crippen molar-refractivity contribution in [2.75, 3.05) is 46.5 Å². The summed E-state index contributed by atoms with van der Waals surface area (Å²) in [6.45, 7) is 9.42. The molecule has 0 spiro atoms. The van der Waals surface area contributed by atoms with E-state index < -0.39 is 126 Å². The van der Waals surface area contributed by atoms with Gasteiger partial charge in [-0.05, 0) is 149 Å². The largest absolute Gasteiger partial charge is 0.480 e. The lowest BCUT2D eigenvalue weighted by Gasteiger charge is -2.68. The van der Waals surface area contributed by atoms with E-state index in [2.05, 4.69) is 77.9 Å². The quantitative estimate of drug-likeness (QED) is 0.0636. The first-order chi connectivity index (χ1) is 43.0. The van der Waals surface area contributed by atoms with E-state index in [-0.39, 0.29) is 50.7 Å². The lowest BCUT2D eigenvalue weighted by molar-refractivity contribution is -0.342. The first-order valence-corrected chi connectivity index (χ1v) is 32.4. The van der Waals surface area contributed by atoms with Gasteiger partial charge in [-0.2, -0.15) is 0 Å². The summed E-state index contributed by atoms with van der Waals surface area (Å²) in [6.07, 6.45) is 2.48. The van der Waals surface area contributed by atoms with Gasteiger partial charge in [0.1, 0.15) is 37.0 Å². The van der Waals surface area contributed by atoms with E-state index in [0.717, 1.165) is 24.2 Å². The van der Waals surface area contributed by atoms with E-state index in [9.17, 15) is 65.1 Å². The third-order valence-electron chi connectivity index (χ3n) is 21.8. The van der Waals surface area contributed by atoms with Gasteiger partial charge in [-0.25, -0.2) is 9.59 Å². The predicted octanol–water partition coefficient (Wildman–Crippen LogP) is 4.79. The number of carbonyl (C=O) groups is 4. The fraction of sp³-hybridized carbons (Fsp3) is 0.600. The van der Waals surface area contributed by atoms with Crippen molar-refractivity contribution in [3.8, 4) is 0 Å². The second-order valence-electron chi connectivity index (χ2n) is 26.9. The van der Waals surface area contributed by atoms with E-state index in [4.69, 9.17) is 18.9 Å². The van der Waals surface area contributed by atoms with Crippen LogP contribution in [0.2, 0.25) is 0 Å². The first kappa shape index (κ1) is 67.2. The van der Waals surface area contributed by atoms with E-state index in [0.29, 0.717) is 51.5 Å². The third-order valence-corrected chi connectivity index (χ3v) is 21.8. The second-order valence-corrected chi connectivity index (χ2v) is 26.9. The van der Waals surface area contributed by atoms with Gasteiger partial charge in [0.15, 0.2) is 6.29 Å². The standard InChI is InChI=1S/C29H44O12.C21H21N.C20H28N2O5/c1-13-22(34)23(35)24(36)25(40-13)41-15-8-19(32)28(12-30)21-17(3-5-27(28,37)9-15)29(38)6-4-16(14-7-20(33)39-11-14)26(29,2)10-18(21)31;1-22-14-12-18(13-15-22)21-19-8-4-2-6-16(19)10-11-17-7-3-5-9-20(17)21;1-3-27-20(26)16(12-11-15-8-5-4-6-9-15)21-14(2)18(23)22-13-7-10-17(22)19(24)25/h7,13,15-19,21-25,30-32,34-38H,3-6,8-12H2,1-2H3;2-11H,12-15H2,1H3;4-6,8-9,14,16-17,21H,3,7,10-13H2,1-2H3,(H,24,25)/t13-,15-,16+,17+,18+,19+,21+,22-,23+,24+,25-,26+,27-,28+,29-;;14-,16-,17-/m0.0/s1. The van der Waals surface area contributed by atoms with Crippen molar-refractivity contribution in [1.82, 2.24) is 15.1 Å². The third kappa shape index (κ3) is 12.9. The number of amides is 1. The van der Waals surface area contributed by atoms with Gasteiger partial charge in [0.2, 0.25) is 5.91 Å². The highest BCUT2D eigenvalue weighted by atomic mass is 16.7. The van der Waals surface area contributed by atoms with Crippen molar-refractivity contribution in [2.24, 2.45) is 28.6 Å². The first-order valence-electron chi connectivity index (χ1n) is 32.4. The van der Waals surface area contributed by atoms with Crippen molar-refractivity contribution in [1.29, 1.82) is 0 Å². The van der Waals surface area contributed by atoms with Gasteiger partial charge < -0.3 is 74.7 Å². The van der Waals surface area contributed by atoms with Crippen molar-refractivity contribution >= 4 is 41.5 Å². The SMILES string of the molecule is CCOC(=O)[C@H](CCc1ccccc1)N[C@@H](C)C(=O)N1CCC[C@H]1C(=O)O.CN1CCC(=C2c3ccccc3C=Cc3ccccc32)CC1.C[C@@H]1O[C@@H](O[C@H]2C[C@@H](O)[C@]3(CO)[C@H]4[C@H](O)C[C@]5(C)[C@@H](C6=CC(=O)OC6)CC[C@]5(O)[C@@H]4CC[C@]3(O)C2)[C@H](O)[C@H](O)[C@H]1O. The zero-order chi connectivity index (χ0) is 64.5. The molecule has 0 aromatic heterocycles. The molecule has 4 aliphatic heterocycles. The molecule has 3 aromatic carbocycles. The molecule has 20 heteroatoms. The number of aryl methyl sites for hydroxylation is 1. The van der Waals surface area contributed by atoms with Gasteiger partial charge in [0.05, 0.1) is 60.3 Å². The number of carbonyl (C=O) groups excluding carboxylic acids is 3. The Balaban J connectivity index is 0.000000158. The molecule has 18 atom stereocenters. The van der Waals surface area contributed by atoms with Crippen LogP contribution in [0.15, 0.2) is 96.1 Å². The van der Waals surface area contributed by atoms with Crippen LogP contribution >= 0.6 is 0 Å². The minimum atomic E-state index is -1.67. The van der Waals surface area contributed by atoms with Crippen molar-refractivity contribution in [2.45, 2.75) is 190 Å². The zero-order valence-electron chi connectivity index (χ0n) is 52.4. The highest BCUT2D eigenvalue weighted by molar-refractivity contribution is 5.95. The number of cyclic esters (lactones) is 1. The number of benzene rings is 3. The average molecular weight is 1250 g/mol. The number of aliphatic carboxylic acids is 1. The zero-order valence-corrected chi connectivity index (χ0v) is 52.4. The molecule has 3 aromatic rings. The molecule has 90 heavy (non-hydrogen) atoms. The fourth-order valence-corrected chi connectivity index (χ4v) is 17.0. The van der Waals surface area contributed by atoms with Crippen molar-refractivity contribution < 1.29 is 84.1 Å². The highest BCUT2D eigenvalue weighted by Gasteiger charge is 2.75. The number of aliphatic hydroxyl groups is 8. The molecule has 5 aliphatic carbocycles. The maximum Gasteiger partial charge on any atom is 0.331 e. The van der Waals surface area contributed by atoms with E-state index >= 15 is 0 Å². The molecule has 7 fully saturated rings. The van der Waals surface area contributed by atoms with E-state index in [1.807, 2.05) is 37.3 Å². The van der Waals surface area contributed by atoms with Gasteiger partial charge in [-0.1, -0.05) is 104 Å².